The quantitative estimate of drug-likeness (QED) is 0.315. The Morgan fingerprint density at radius 2 is 1.76 bits per heavy atom. The lowest BCUT2D eigenvalue weighted by molar-refractivity contribution is 0.0282. The topological polar surface area (TPSA) is 131 Å². The number of aliphatic hydroxyl groups is 1. The van der Waals surface area contributed by atoms with Crippen LogP contribution in [0.4, 0.5) is 22.1 Å². The lowest BCUT2D eigenvalue weighted by atomic mass is 9.95. The van der Waals surface area contributed by atoms with E-state index in [1.165, 1.54) is 0 Å². The molecule has 0 saturated carbocycles. The Morgan fingerprint density at radius 1 is 1.02 bits per heavy atom. The van der Waals surface area contributed by atoms with E-state index in [0.717, 1.165) is 37.6 Å². The molecule has 2 fully saturated rings. The number of hydrogen-bond acceptors (Lipinski definition) is 9. The SMILES string of the molecule is CC(C)(C)OC(=O)N1CC2CN(c3ccc(Nc4ncc5c(=O)n6n(c5n4)-c4cccc(n4)[C@](C)(O)CC/C=C\C6)cc3)CC2C1. The third kappa shape index (κ3) is 5.73. The van der Waals surface area contributed by atoms with E-state index in [1.54, 1.807) is 28.6 Å². The number of carbonyl (C=O) groups is 1. The summed E-state index contributed by atoms with van der Waals surface area (Å²) in [6, 6.07) is 13.6. The molecule has 0 aliphatic carbocycles. The van der Waals surface area contributed by atoms with Crippen molar-refractivity contribution < 1.29 is 14.6 Å². The van der Waals surface area contributed by atoms with Crippen molar-refractivity contribution >= 4 is 34.4 Å². The Labute approximate surface area is 267 Å². The normalized spacial score (nSPS) is 23.5. The predicted molar refractivity (Wildman–Crippen MR) is 176 cm³/mol. The van der Waals surface area contributed by atoms with Crippen LogP contribution >= 0.6 is 0 Å². The van der Waals surface area contributed by atoms with Crippen molar-refractivity contribution in [2.75, 3.05) is 36.4 Å². The first kappa shape index (κ1) is 30.0. The lowest BCUT2D eigenvalue weighted by Gasteiger charge is -2.26. The van der Waals surface area contributed by atoms with E-state index in [1.807, 2.05) is 62.1 Å². The molecule has 3 aliphatic heterocycles. The van der Waals surface area contributed by atoms with E-state index in [0.29, 0.717) is 59.7 Å². The number of benzene rings is 1. The highest BCUT2D eigenvalue weighted by Crippen LogP contribution is 2.35. The van der Waals surface area contributed by atoms with Crippen LogP contribution in [0.1, 0.15) is 46.2 Å². The second kappa shape index (κ2) is 11.3. The van der Waals surface area contributed by atoms with Crippen LogP contribution in [-0.2, 0) is 16.9 Å². The summed E-state index contributed by atoms with van der Waals surface area (Å²) in [7, 11) is 0. The van der Waals surface area contributed by atoms with Crippen molar-refractivity contribution in [2.45, 2.75) is 58.3 Å². The van der Waals surface area contributed by atoms with Gasteiger partial charge in [-0.2, -0.15) is 4.98 Å². The minimum Gasteiger partial charge on any atom is -0.444 e. The van der Waals surface area contributed by atoms with Gasteiger partial charge in [0.25, 0.3) is 5.56 Å². The third-order valence-electron chi connectivity index (χ3n) is 9.05. The summed E-state index contributed by atoms with van der Waals surface area (Å²) in [6.45, 7) is 11.0. The molecule has 0 spiro atoms. The Hall–Kier alpha value is -4.71. The van der Waals surface area contributed by atoms with Crippen molar-refractivity contribution in [3.63, 3.8) is 0 Å². The van der Waals surface area contributed by atoms with Gasteiger partial charge in [0.2, 0.25) is 5.95 Å². The number of hydrogen-bond donors (Lipinski definition) is 2. The summed E-state index contributed by atoms with van der Waals surface area (Å²) >= 11 is 0. The Balaban J connectivity index is 1.10. The minimum atomic E-state index is -1.11. The first-order valence-corrected chi connectivity index (χ1v) is 15.9. The molecule has 2 bridgehead atoms. The van der Waals surface area contributed by atoms with Gasteiger partial charge in [-0.25, -0.2) is 24.1 Å². The fourth-order valence-corrected chi connectivity index (χ4v) is 6.68. The molecule has 3 aromatic heterocycles. The molecule has 7 rings (SSSR count). The second-order valence-corrected chi connectivity index (χ2v) is 13.8. The second-order valence-electron chi connectivity index (χ2n) is 13.8. The molecule has 2 unspecified atom stereocenters. The van der Waals surface area contributed by atoms with Crippen LogP contribution in [0, 0.1) is 11.8 Å². The van der Waals surface area contributed by atoms with Crippen molar-refractivity contribution in [2.24, 2.45) is 11.8 Å². The zero-order chi connectivity index (χ0) is 32.2. The summed E-state index contributed by atoms with van der Waals surface area (Å²) in [6.07, 6.45) is 6.41. The molecular weight excluding hydrogens is 584 g/mol. The number of rotatable bonds is 3. The zero-order valence-corrected chi connectivity index (χ0v) is 26.7. The van der Waals surface area contributed by atoms with E-state index in [-0.39, 0.29) is 11.7 Å². The monoisotopic (exact) mass is 624 g/mol. The number of nitrogens with zero attached hydrogens (tertiary/aromatic N) is 7. The number of aromatic nitrogens is 5. The van der Waals surface area contributed by atoms with Gasteiger partial charge in [0.1, 0.15) is 16.6 Å². The molecule has 3 atom stereocenters. The van der Waals surface area contributed by atoms with Crippen LogP contribution in [0.15, 0.2) is 65.6 Å². The van der Waals surface area contributed by atoms with Crippen LogP contribution in [0.3, 0.4) is 0 Å². The number of nitrogens with one attached hydrogen (secondary N) is 1. The molecule has 240 valence electrons. The van der Waals surface area contributed by atoms with Crippen LogP contribution in [0.2, 0.25) is 0 Å². The molecule has 0 radical (unpaired) electrons. The first-order chi connectivity index (χ1) is 21.9. The van der Waals surface area contributed by atoms with Crippen molar-refractivity contribution in [1.82, 2.24) is 29.2 Å². The van der Waals surface area contributed by atoms with Gasteiger partial charge in [-0.3, -0.25) is 4.79 Å². The molecule has 1 aromatic carbocycles. The molecule has 46 heavy (non-hydrogen) atoms. The summed E-state index contributed by atoms with van der Waals surface area (Å²) in [5.74, 6) is 1.70. The fraction of sp³-hybridized carbons (Fsp3) is 0.441. The van der Waals surface area contributed by atoms with Crippen molar-refractivity contribution in [3.05, 3.63) is 76.9 Å². The van der Waals surface area contributed by atoms with Gasteiger partial charge < -0.3 is 25.0 Å². The van der Waals surface area contributed by atoms with Crippen LogP contribution < -0.4 is 15.8 Å². The van der Waals surface area contributed by atoms with Gasteiger partial charge in [-0.15, -0.1) is 0 Å². The molecule has 4 aromatic rings. The molecule has 2 saturated heterocycles. The summed E-state index contributed by atoms with van der Waals surface area (Å²) < 4.78 is 8.88. The molecule has 1 amide bonds. The smallest absolute Gasteiger partial charge is 0.410 e. The lowest BCUT2D eigenvalue weighted by Crippen LogP contribution is -2.37. The molecule has 2 N–H and O–H groups in total. The standard InChI is InChI=1S/C34H40N8O4/c1-33(2,3)46-32(44)40-20-22-18-39(19-23(22)21-40)25-13-11-24(12-14-25)36-31-35-17-26-29(38-31)42-28-10-8-9-27(37-28)34(4,45)15-6-5-7-16-41(42)30(26)43/h5,7-14,17,22-23,45H,6,15-16,18-21H2,1-4H3,(H,35,36,38)/b7-5-/t22?,23?,34-/m1/s1. The van der Waals surface area contributed by atoms with E-state index in [2.05, 4.69) is 27.3 Å². The number of carbonyl (C=O) groups excluding carboxylic acids is 1. The molecule has 12 heteroatoms. The average molecular weight is 625 g/mol. The zero-order valence-electron chi connectivity index (χ0n) is 26.7. The maximum atomic E-state index is 13.5. The Kier molecular flexibility index (Phi) is 7.34. The van der Waals surface area contributed by atoms with Gasteiger partial charge >= 0.3 is 6.09 Å². The maximum Gasteiger partial charge on any atom is 0.410 e. The molecular formula is C34H40N8O4. The van der Waals surface area contributed by atoms with Gasteiger partial charge in [0, 0.05) is 55.6 Å². The molecule has 6 heterocycles. The molecule has 3 aliphatic rings. The van der Waals surface area contributed by atoms with Gasteiger partial charge in [0.15, 0.2) is 11.5 Å². The first-order valence-electron chi connectivity index (χ1n) is 15.9. The summed E-state index contributed by atoms with van der Waals surface area (Å²) in [4.78, 5) is 44.2. The predicted octanol–water partition coefficient (Wildman–Crippen LogP) is 4.58. The maximum absolute atomic E-state index is 13.5. The number of ether oxygens (including phenoxy) is 1. The number of anilines is 3. The number of pyridine rings is 1. The van der Waals surface area contributed by atoms with E-state index >= 15 is 0 Å². The van der Waals surface area contributed by atoms with Crippen molar-refractivity contribution in [1.29, 1.82) is 0 Å². The highest BCUT2D eigenvalue weighted by Gasteiger charge is 2.42. The Bertz CT molecular complexity index is 1860. The number of amides is 1. The number of fused-ring (bicyclic) bond motifs is 7. The largest absolute Gasteiger partial charge is 0.444 e. The highest BCUT2D eigenvalue weighted by molar-refractivity contribution is 5.77. The molecule has 12 nitrogen and oxygen atoms in total. The van der Waals surface area contributed by atoms with Gasteiger partial charge in [0.05, 0.1) is 12.2 Å². The van der Waals surface area contributed by atoms with Crippen LogP contribution in [0.25, 0.3) is 16.9 Å². The Morgan fingerprint density at radius 3 is 2.48 bits per heavy atom. The summed E-state index contributed by atoms with van der Waals surface area (Å²) in [5.41, 5.74) is 1.10. The van der Waals surface area contributed by atoms with Crippen molar-refractivity contribution in [3.8, 4) is 5.82 Å². The van der Waals surface area contributed by atoms with E-state index in [4.69, 9.17) is 14.7 Å². The number of allylic oxidation sites excluding steroid dienone is 2. The van der Waals surface area contributed by atoms with Gasteiger partial charge in [-0.05, 0) is 76.9 Å². The van der Waals surface area contributed by atoms with E-state index in [9.17, 15) is 14.7 Å². The fourth-order valence-electron chi connectivity index (χ4n) is 6.68. The van der Waals surface area contributed by atoms with Crippen LogP contribution in [0.5, 0.6) is 0 Å². The van der Waals surface area contributed by atoms with Gasteiger partial charge in [-0.1, -0.05) is 18.2 Å². The number of likely N-dealkylation sites (tertiary alicyclic amines) is 1. The van der Waals surface area contributed by atoms with E-state index < -0.39 is 11.2 Å². The average Bonchev–Trinajstić information content (AvgIpc) is 3.67. The van der Waals surface area contributed by atoms with Crippen LogP contribution in [-0.4, -0.2) is 72.2 Å². The minimum absolute atomic E-state index is 0.210. The highest BCUT2D eigenvalue weighted by atomic mass is 16.6. The summed E-state index contributed by atoms with van der Waals surface area (Å²) in [5, 5.41) is 14.8. The third-order valence-corrected chi connectivity index (χ3v) is 9.05.